The van der Waals surface area contributed by atoms with Crippen molar-refractivity contribution in [3.8, 4) is 0 Å². The molecule has 1 N–H and O–H groups in total. The van der Waals surface area contributed by atoms with Gasteiger partial charge < -0.3 is 10.0 Å². The molecule has 110 valence electrons. The van der Waals surface area contributed by atoms with Gasteiger partial charge in [0.15, 0.2) is 0 Å². The molecule has 0 amide bonds. The number of aliphatic hydroxyl groups is 1. The van der Waals surface area contributed by atoms with Gasteiger partial charge in [0.25, 0.3) is 5.69 Å². The van der Waals surface area contributed by atoms with E-state index in [1.165, 1.54) is 12.1 Å². The second-order valence-electron chi connectivity index (χ2n) is 5.92. The first kappa shape index (κ1) is 13.8. The molecule has 0 saturated carbocycles. The van der Waals surface area contributed by atoms with Crippen LogP contribution in [0.5, 0.6) is 0 Å². The zero-order valence-corrected chi connectivity index (χ0v) is 12.0. The van der Waals surface area contributed by atoms with Crippen molar-refractivity contribution in [1.29, 1.82) is 0 Å². The summed E-state index contributed by atoms with van der Waals surface area (Å²) in [5.74, 6) is 0.999. The first-order chi connectivity index (χ1) is 9.89. The van der Waals surface area contributed by atoms with Crippen molar-refractivity contribution < 1.29 is 10.0 Å². The summed E-state index contributed by atoms with van der Waals surface area (Å²) in [5.41, 5.74) is 0.139. The zero-order chi connectivity index (χ0) is 15.2. The number of hydrogen-bond donors (Lipinski definition) is 1. The van der Waals surface area contributed by atoms with Crippen molar-refractivity contribution in [2.75, 3.05) is 18.0 Å². The minimum Gasteiger partial charge on any atom is -0.386 e. The Balaban J connectivity index is 1.86. The number of nitrogens with zero attached hydrogens (tertiary/aromatic N) is 3. The minimum absolute atomic E-state index is 0.0650. The van der Waals surface area contributed by atoms with E-state index >= 15 is 0 Å². The Morgan fingerprint density at radius 1 is 1.33 bits per heavy atom. The van der Waals surface area contributed by atoms with Crippen LogP contribution in [-0.2, 0) is 0 Å². The number of rotatable bonds is 3. The van der Waals surface area contributed by atoms with Gasteiger partial charge in [-0.05, 0) is 24.1 Å². The molecule has 2 aromatic rings. The molecule has 0 atom stereocenters. The maximum Gasteiger partial charge on any atom is 0.270 e. The summed E-state index contributed by atoms with van der Waals surface area (Å²) in [7, 11) is 0. The van der Waals surface area contributed by atoms with E-state index in [9.17, 15) is 15.2 Å². The van der Waals surface area contributed by atoms with Gasteiger partial charge in [-0.3, -0.25) is 10.1 Å². The highest BCUT2D eigenvalue weighted by Gasteiger charge is 2.44. The van der Waals surface area contributed by atoms with Gasteiger partial charge in [-0.25, -0.2) is 4.98 Å². The van der Waals surface area contributed by atoms with Gasteiger partial charge >= 0.3 is 0 Å². The molecule has 2 heterocycles. The number of nitro groups is 1. The molecule has 0 bridgehead atoms. The molecule has 1 fully saturated rings. The van der Waals surface area contributed by atoms with Crippen LogP contribution in [0.3, 0.4) is 0 Å². The second-order valence-corrected chi connectivity index (χ2v) is 5.92. The van der Waals surface area contributed by atoms with E-state index in [2.05, 4.69) is 4.98 Å². The summed E-state index contributed by atoms with van der Waals surface area (Å²) in [6.07, 6.45) is 0. The molecule has 1 aromatic carbocycles. The van der Waals surface area contributed by atoms with Crippen molar-refractivity contribution in [3.63, 3.8) is 0 Å². The van der Waals surface area contributed by atoms with E-state index in [1.807, 2.05) is 30.9 Å². The van der Waals surface area contributed by atoms with Crippen LogP contribution in [0.25, 0.3) is 10.9 Å². The fourth-order valence-electron chi connectivity index (χ4n) is 2.53. The van der Waals surface area contributed by atoms with Crippen molar-refractivity contribution in [2.45, 2.75) is 19.4 Å². The van der Waals surface area contributed by atoms with Gasteiger partial charge in [0.05, 0.1) is 23.5 Å². The quantitative estimate of drug-likeness (QED) is 0.692. The van der Waals surface area contributed by atoms with E-state index < -0.39 is 10.5 Å². The highest BCUT2D eigenvalue weighted by molar-refractivity contribution is 5.82. The number of fused-ring (bicyclic) bond motifs is 1. The van der Waals surface area contributed by atoms with Crippen LogP contribution in [0.4, 0.5) is 11.5 Å². The van der Waals surface area contributed by atoms with Crippen LogP contribution in [0.1, 0.15) is 13.8 Å². The molecule has 0 radical (unpaired) electrons. The Kier molecular flexibility index (Phi) is 3.06. The van der Waals surface area contributed by atoms with E-state index in [-0.39, 0.29) is 11.6 Å². The molecule has 0 aliphatic carbocycles. The fraction of sp³-hybridized carbons (Fsp3) is 0.400. The Bertz CT molecular complexity index is 708. The molecular weight excluding hydrogens is 270 g/mol. The number of anilines is 1. The summed E-state index contributed by atoms with van der Waals surface area (Å²) >= 11 is 0. The molecule has 1 aromatic heterocycles. The number of hydrogen-bond acceptors (Lipinski definition) is 5. The lowest BCUT2D eigenvalue weighted by molar-refractivity contribution is -0.384. The van der Waals surface area contributed by atoms with Crippen LogP contribution >= 0.6 is 0 Å². The fourth-order valence-corrected chi connectivity index (χ4v) is 2.53. The van der Waals surface area contributed by atoms with E-state index in [0.717, 1.165) is 16.7 Å². The number of non-ortho nitro benzene ring substituents is 1. The largest absolute Gasteiger partial charge is 0.386 e. The van der Waals surface area contributed by atoms with Crippen molar-refractivity contribution in [3.05, 3.63) is 40.4 Å². The Hall–Kier alpha value is -2.21. The van der Waals surface area contributed by atoms with Crippen molar-refractivity contribution in [2.24, 2.45) is 5.92 Å². The van der Waals surface area contributed by atoms with E-state index in [0.29, 0.717) is 13.1 Å². The van der Waals surface area contributed by atoms with Gasteiger partial charge in [0, 0.05) is 17.5 Å². The first-order valence-electron chi connectivity index (χ1n) is 6.91. The summed E-state index contributed by atoms with van der Waals surface area (Å²) in [4.78, 5) is 16.9. The molecule has 0 unspecified atom stereocenters. The van der Waals surface area contributed by atoms with Crippen LogP contribution in [0, 0.1) is 16.0 Å². The van der Waals surface area contributed by atoms with Crippen LogP contribution < -0.4 is 4.90 Å². The molecule has 6 heteroatoms. The third-order valence-electron chi connectivity index (χ3n) is 4.20. The normalized spacial score (nSPS) is 17.0. The number of β-amino-alcohol motifs (C(OH)–C–C–N with tert-alkyl or cyclic N) is 1. The van der Waals surface area contributed by atoms with Gasteiger partial charge in [-0.2, -0.15) is 0 Å². The van der Waals surface area contributed by atoms with Gasteiger partial charge in [0.2, 0.25) is 0 Å². The number of benzene rings is 1. The van der Waals surface area contributed by atoms with Gasteiger partial charge in [-0.15, -0.1) is 0 Å². The Morgan fingerprint density at radius 3 is 2.67 bits per heavy atom. The van der Waals surface area contributed by atoms with Crippen LogP contribution in [-0.4, -0.2) is 33.7 Å². The summed E-state index contributed by atoms with van der Waals surface area (Å²) in [6.45, 7) is 5.14. The summed E-state index contributed by atoms with van der Waals surface area (Å²) < 4.78 is 0. The molecule has 1 aliphatic heterocycles. The summed E-state index contributed by atoms with van der Waals surface area (Å²) in [6, 6.07) is 8.31. The highest BCUT2D eigenvalue weighted by Crippen LogP contribution is 2.33. The Labute approximate surface area is 122 Å². The predicted octanol–water partition coefficient (Wildman–Crippen LogP) is 2.35. The molecule has 0 spiro atoms. The average Bonchev–Trinajstić information content (AvgIpc) is 2.42. The van der Waals surface area contributed by atoms with Gasteiger partial charge in [-0.1, -0.05) is 13.8 Å². The average molecular weight is 287 g/mol. The van der Waals surface area contributed by atoms with Crippen LogP contribution in [0.15, 0.2) is 30.3 Å². The lowest BCUT2D eigenvalue weighted by atomic mass is 9.83. The number of aromatic nitrogens is 1. The molecule has 6 nitrogen and oxygen atoms in total. The monoisotopic (exact) mass is 287 g/mol. The smallest absolute Gasteiger partial charge is 0.270 e. The van der Waals surface area contributed by atoms with E-state index in [4.69, 9.17) is 0 Å². The molecular formula is C15H17N3O3. The van der Waals surface area contributed by atoms with Gasteiger partial charge in [0.1, 0.15) is 11.4 Å². The maximum absolute atomic E-state index is 10.8. The van der Waals surface area contributed by atoms with Crippen molar-refractivity contribution >= 4 is 22.4 Å². The third kappa shape index (κ3) is 2.31. The minimum atomic E-state index is -0.647. The van der Waals surface area contributed by atoms with Crippen LogP contribution in [0.2, 0.25) is 0 Å². The standard InChI is InChI=1S/C15H17N3O3/c1-10(2)15(19)8-17(9-15)14-6-3-11-7-12(18(20)21)4-5-13(11)16-14/h3-7,10,19H,8-9H2,1-2H3. The lowest BCUT2D eigenvalue weighted by Gasteiger charge is -2.49. The summed E-state index contributed by atoms with van der Waals surface area (Å²) in [5, 5.41) is 21.8. The number of nitro benzene ring substituents is 1. The zero-order valence-electron chi connectivity index (χ0n) is 12.0. The topological polar surface area (TPSA) is 79.5 Å². The molecule has 1 saturated heterocycles. The highest BCUT2D eigenvalue weighted by atomic mass is 16.6. The first-order valence-corrected chi connectivity index (χ1v) is 6.91. The SMILES string of the molecule is CC(C)C1(O)CN(c2ccc3cc([N+](=O)[O-])ccc3n2)C1. The lowest BCUT2D eigenvalue weighted by Crippen LogP contribution is -2.65. The molecule has 3 rings (SSSR count). The Morgan fingerprint density at radius 2 is 2.05 bits per heavy atom. The predicted molar refractivity (Wildman–Crippen MR) is 80.4 cm³/mol. The molecule has 21 heavy (non-hydrogen) atoms. The van der Waals surface area contributed by atoms with E-state index in [1.54, 1.807) is 6.07 Å². The second kappa shape index (κ2) is 4.66. The molecule has 1 aliphatic rings. The van der Waals surface area contributed by atoms with Crippen molar-refractivity contribution in [1.82, 2.24) is 4.98 Å². The maximum atomic E-state index is 10.8. The third-order valence-corrected chi connectivity index (χ3v) is 4.20. The number of pyridine rings is 1.